The SMILES string of the molecule is CC(C#Cc1ccccc1)(CC(F)(F)F)C(=O)c1ccc2ccccc2c1. The maximum Gasteiger partial charge on any atom is 0.391 e. The van der Waals surface area contributed by atoms with E-state index in [2.05, 4.69) is 11.8 Å². The van der Waals surface area contributed by atoms with Crippen LogP contribution in [-0.2, 0) is 0 Å². The van der Waals surface area contributed by atoms with E-state index in [0.717, 1.165) is 10.8 Å². The van der Waals surface area contributed by atoms with Crippen molar-refractivity contribution in [3.8, 4) is 11.8 Å². The second-order valence-corrected chi connectivity index (χ2v) is 6.63. The zero-order chi connectivity index (χ0) is 19.5. The summed E-state index contributed by atoms with van der Waals surface area (Å²) in [5.74, 6) is 4.69. The van der Waals surface area contributed by atoms with E-state index in [0.29, 0.717) is 5.56 Å². The van der Waals surface area contributed by atoms with Gasteiger partial charge in [-0.1, -0.05) is 66.4 Å². The first-order chi connectivity index (χ1) is 12.8. The van der Waals surface area contributed by atoms with Gasteiger partial charge >= 0.3 is 6.18 Å². The first-order valence-electron chi connectivity index (χ1n) is 8.45. The predicted octanol–water partition coefficient (Wildman–Crippen LogP) is 6.03. The summed E-state index contributed by atoms with van der Waals surface area (Å²) < 4.78 is 39.6. The summed E-state index contributed by atoms with van der Waals surface area (Å²) in [6.45, 7) is 1.26. The van der Waals surface area contributed by atoms with E-state index in [1.807, 2.05) is 24.3 Å². The van der Waals surface area contributed by atoms with Gasteiger partial charge in [-0.05, 0) is 35.9 Å². The molecule has 27 heavy (non-hydrogen) atoms. The molecule has 0 aromatic heterocycles. The third-order valence-electron chi connectivity index (χ3n) is 4.32. The van der Waals surface area contributed by atoms with Crippen LogP contribution in [0.5, 0.6) is 0 Å². The zero-order valence-electron chi connectivity index (χ0n) is 14.7. The Kier molecular flexibility index (Phi) is 5.05. The van der Waals surface area contributed by atoms with Crippen molar-refractivity contribution in [2.75, 3.05) is 0 Å². The highest BCUT2D eigenvalue weighted by molar-refractivity contribution is 6.05. The molecule has 0 saturated heterocycles. The van der Waals surface area contributed by atoms with Crippen LogP contribution in [0.3, 0.4) is 0 Å². The van der Waals surface area contributed by atoms with Crippen LogP contribution in [0.15, 0.2) is 72.8 Å². The van der Waals surface area contributed by atoms with Crippen molar-refractivity contribution in [3.05, 3.63) is 83.9 Å². The smallest absolute Gasteiger partial charge is 0.292 e. The average Bonchev–Trinajstić information content (AvgIpc) is 2.65. The monoisotopic (exact) mass is 366 g/mol. The van der Waals surface area contributed by atoms with Gasteiger partial charge in [0, 0.05) is 11.1 Å². The van der Waals surface area contributed by atoms with Gasteiger partial charge in [-0.15, -0.1) is 0 Å². The Morgan fingerprint density at radius 1 is 0.889 bits per heavy atom. The van der Waals surface area contributed by atoms with E-state index in [1.54, 1.807) is 48.5 Å². The van der Waals surface area contributed by atoms with E-state index in [-0.39, 0.29) is 5.56 Å². The van der Waals surface area contributed by atoms with E-state index in [1.165, 1.54) is 6.92 Å². The summed E-state index contributed by atoms with van der Waals surface area (Å²) in [5.41, 5.74) is -1.07. The summed E-state index contributed by atoms with van der Waals surface area (Å²) in [6, 6.07) is 21.0. The van der Waals surface area contributed by atoms with Gasteiger partial charge in [0.15, 0.2) is 5.78 Å². The van der Waals surface area contributed by atoms with E-state index in [4.69, 9.17) is 0 Å². The van der Waals surface area contributed by atoms with Gasteiger partial charge in [0.25, 0.3) is 0 Å². The number of Topliss-reactive ketones (excluding diaryl/α,β-unsaturated/α-hetero) is 1. The van der Waals surface area contributed by atoms with Crippen LogP contribution in [0.4, 0.5) is 13.2 Å². The third-order valence-corrected chi connectivity index (χ3v) is 4.32. The lowest BCUT2D eigenvalue weighted by Crippen LogP contribution is -2.32. The lowest BCUT2D eigenvalue weighted by molar-refractivity contribution is -0.145. The number of hydrogen-bond donors (Lipinski definition) is 0. The number of hydrogen-bond acceptors (Lipinski definition) is 1. The molecule has 1 unspecified atom stereocenters. The van der Waals surface area contributed by atoms with Crippen molar-refractivity contribution in [1.82, 2.24) is 0 Å². The second kappa shape index (κ2) is 7.28. The van der Waals surface area contributed by atoms with Gasteiger partial charge in [0.05, 0.1) is 6.42 Å². The number of ketones is 1. The minimum absolute atomic E-state index is 0.225. The summed E-state index contributed by atoms with van der Waals surface area (Å²) >= 11 is 0. The Morgan fingerprint density at radius 2 is 1.52 bits per heavy atom. The van der Waals surface area contributed by atoms with Gasteiger partial charge in [-0.3, -0.25) is 4.79 Å². The van der Waals surface area contributed by atoms with Gasteiger partial charge in [0.1, 0.15) is 5.41 Å². The van der Waals surface area contributed by atoms with Crippen molar-refractivity contribution in [2.45, 2.75) is 19.5 Å². The van der Waals surface area contributed by atoms with Crippen LogP contribution in [0, 0.1) is 17.3 Å². The molecule has 0 fully saturated rings. The zero-order valence-corrected chi connectivity index (χ0v) is 14.7. The fourth-order valence-corrected chi connectivity index (χ4v) is 2.96. The van der Waals surface area contributed by atoms with Crippen LogP contribution in [0.25, 0.3) is 10.8 Å². The maximum absolute atomic E-state index is 13.2. The van der Waals surface area contributed by atoms with Gasteiger partial charge < -0.3 is 0 Å². The lowest BCUT2D eigenvalue weighted by Gasteiger charge is -2.24. The van der Waals surface area contributed by atoms with Crippen molar-refractivity contribution < 1.29 is 18.0 Å². The molecule has 0 radical (unpaired) electrons. The molecule has 3 aromatic carbocycles. The molecule has 0 aliphatic rings. The molecule has 0 amide bonds. The second-order valence-electron chi connectivity index (χ2n) is 6.63. The molecule has 3 aromatic rings. The van der Waals surface area contributed by atoms with Crippen LogP contribution in [0.2, 0.25) is 0 Å². The highest BCUT2D eigenvalue weighted by Crippen LogP contribution is 2.36. The van der Waals surface area contributed by atoms with Crippen molar-refractivity contribution in [3.63, 3.8) is 0 Å². The summed E-state index contributed by atoms with van der Waals surface area (Å²) in [7, 11) is 0. The standard InChI is InChI=1S/C23H17F3O/c1-22(16-23(24,25)26,14-13-17-7-3-2-4-8-17)21(27)20-12-11-18-9-5-6-10-19(18)15-20/h2-12,15H,16H2,1H3. The lowest BCUT2D eigenvalue weighted by atomic mass is 9.79. The molecule has 4 heteroatoms. The molecule has 0 aliphatic carbocycles. The number of fused-ring (bicyclic) bond motifs is 1. The molecule has 0 heterocycles. The molecule has 1 nitrogen and oxygen atoms in total. The molecular formula is C23H17F3O. The Labute approximate surface area is 155 Å². The number of carbonyl (C=O) groups excluding carboxylic acids is 1. The van der Waals surface area contributed by atoms with Crippen molar-refractivity contribution >= 4 is 16.6 Å². The van der Waals surface area contributed by atoms with Gasteiger partial charge in [-0.25, -0.2) is 0 Å². The summed E-state index contributed by atoms with van der Waals surface area (Å²) in [4.78, 5) is 13.0. The molecule has 0 aliphatic heterocycles. The Balaban J connectivity index is 2.03. The summed E-state index contributed by atoms with van der Waals surface area (Å²) in [5, 5.41) is 1.72. The molecule has 136 valence electrons. The molecule has 0 spiro atoms. The van der Waals surface area contributed by atoms with Crippen LogP contribution >= 0.6 is 0 Å². The van der Waals surface area contributed by atoms with Crippen LogP contribution < -0.4 is 0 Å². The van der Waals surface area contributed by atoms with E-state index >= 15 is 0 Å². The topological polar surface area (TPSA) is 17.1 Å². The number of alkyl halides is 3. The normalized spacial score (nSPS) is 13.5. The minimum atomic E-state index is -4.51. The molecule has 0 N–H and O–H groups in total. The largest absolute Gasteiger partial charge is 0.391 e. The Bertz CT molecular complexity index is 1030. The fourth-order valence-electron chi connectivity index (χ4n) is 2.96. The third kappa shape index (κ3) is 4.57. The number of halogens is 3. The number of rotatable bonds is 3. The quantitative estimate of drug-likeness (QED) is 0.408. The minimum Gasteiger partial charge on any atom is -0.292 e. The summed E-state index contributed by atoms with van der Waals surface area (Å²) in [6.07, 6.45) is -5.81. The fraction of sp³-hybridized carbons (Fsp3) is 0.174. The van der Waals surface area contributed by atoms with Crippen molar-refractivity contribution in [2.24, 2.45) is 5.41 Å². The van der Waals surface area contributed by atoms with Gasteiger partial charge in [-0.2, -0.15) is 13.2 Å². The Hall–Kier alpha value is -3.06. The molecular weight excluding hydrogens is 349 g/mol. The first-order valence-corrected chi connectivity index (χ1v) is 8.45. The van der Waals surface area contributed by atoms with Crippen LogP contribution in [0.1, 0.15) is 29.3 Å². The molecule has 3 rings (SSSR count). The molecule has 1 atom stereocenters. The number of benzene rings is 3. The van der Waals surface area contributed by atoms with E-state index < -0.39 is 23.8 Å². The Morgan fingerprint density at radius 3 is 2.19 bits per heavy atom. The average molecular weight is 366 g/mol. The highest BCUT2D eigenvalue weighted by atomic mass is 19.4. The highest BCUT2D eigenvalue weighted by Gasteiger charge is 2.43. The first kappa shape index (κ1) is 18.7. The van der Waals surface area contributed by atoms with E-state index in [9.17, 15) is 18.0 Å². The predicted molar refractivity (Wildman–Crippen MR) is 100 cm³/mol. The van der Waals surface area contributed by atoms with Gasteiger partial charge in [0.2, 0.25) is 0 Å². The number of carbonyl (C=O) groups is 1. The van der Waals surface area contributed by atoms with Crippen LogP contribution in [-0.4, -0.2) is 12.0 Å². The molecule has 0 saturated carbocycles. The molecule has 0 bridgehead atoms. The maximum atomic E-state index is 13.2. The van der Waals surface area contributed by atoms with Crippen molar-refractivity contribution in [1.29, 1.82) is 0 Å².